The number of fused-ring (bicyclic) bond motifs is 2. The summed E-state index contributed by atoms with van der Waals surface area (Å²) < 4.78 is 0. The molecule has 242 valence electrons. The predicted molar refractivity (Wildman–Crippen MR) is 168 cm³/mol. The summed E-state index contributed by atoms with van der Waals surface area (Å²) in [6, 6.07) is 9.06. The Morgan fingerprint density at radius 2 is 1.15 bits per heavy atom. The molecule has 2 aromatic carbocycles. The molecule has 15 nitrogen and oxygen atoms in total. The number of carboxylic acid groups (broad SMARTS) is 1. The quantitative estimate of drug-likeness (QED) is 0.0771. The molecule has 4 rings (SSSR count). The number of aliphatic carboxylic acids is 1. The SMILES string of the molecule is NC(=O)CCC(N)C(=O)NC(Cc1c[nH]c2ccccc12)C(=O)NC(CC(N)=O)C(=O)NC(Cc1c[nH]c2ccccc12)C(=O)O. The molecule has 4 atom stereocenters. The lowest BCUT2D eigenvalue weighted by atomic mass is 10.0. The average molecular weight is 633 g/mol. The minimum Gasteiger partial charge on any atom is -0.480 e. The fourth-order valence-corrected chi connectivity index (χ4v) is 5.11. The van der Waals surface area contributed by atoms with Crippen LogP contribution in [0.25, 0.3) is 21.8 Å². The van der Waals surface area contributed by atoms with Gasteiger partial charge in [-0.05, 0) is 29.7 Å². The maximum atomic E-state index is 13.6. The number of aromatic nitrogens is 2. The molecule has 15 heteroatoms. The molecule has 0 saturated heterocycles. The van der Waals surface area contributed by atoms with Crippen LogP contribution in [0.5, 0.6) is 0 Å². The van der Waals surface area contributed by atoms with E-state index in [1.807, 2.05) is 30.3 Å². The Labute approximate surface area is 262 Å². The smallest absolute Gasteiger partial charge is 0.326 e. The lowest BCUT2D eigenvalue weighted by Crippen LogP contribution is -2.58. The molecule has 0 aliphatic heterocycles. The Morgan fingerprint density at radius 3 is 1.67 bits per heavy atom. The van der Waals surface area contributed by atoms with Crippen molar-refractivity contribution in [1.29, 1.82) is 0 Å². The number of benzene rings is 2. The first-order valence-electron chi connectivity index (χ1n) is 14.5. The summed E-state index contributed by atoms with van der Waals surface area (Å²) in [4.78, 5) is 81.3. The molecule has 0 bridgehead atoms. The molecule has 0 radical (unpaired) electrons. The molecule has 2 heterocycles. The number of carbonyl (C=O) groups excluding carboxylic acids is 5. The van der Waals surface area contributed by atoms with Gasteiger partial charge in [-0.25, -0.2) is 4.79 Å². The number of rotatable bonds is 16. The second kappa shape index (κ2) is 14.9. The number of carboxylic acids is 1. The zero-order chi connectivity index (χ0) is 33.4. The molecule has 46 heavy (non-hydrogen) atoms. The molecule has 4 aromatic rings. The number of amides is 5. The van der Waals surface area contributed by atoms with E-state index in [-0.39, 0.29) is 25.7 Å². The molecule has 2 aromatic heterocycles. The molecule has 5 amide bonds. The van der Waals surface area contributed by atoms with Gasteiger partial charge in [0.25, 0.3) is 0 Å². The maximum Gasteiger partial charge on any atom is 0.326 e. The summed E-state index contributed by atoms with van der Waals surface area (Å²) in [5.74, 6) is -5.49. The molecular weight excluding hydrogens is 596 g/mol. The summed E-state index contributed by atoms with van der Waals surface area (Å²) in [6.45, 7) is 0. The van der Waals surface area contributed by atoms with Gasteiger partial charge >= 0.3 is 5.97 Å². The van der Waals surface area contributed by atoms with Gasteiger partial charge in [-0.2, -0.15) is 0 Å². The number of nitrogens with one attached hydrogen (secondary N) is 5. The van der Waals surface area contributed by atoms with Gasteiger partial charge in [0, 0.05) is 53.5 Å². The number of carbonyl (C=O) groups is 6. The van der Waals surface area contributed by atoms with Crippen molar-refractivity contribution in [2.75, 3.05) is 0 Å². The van der Waals surface area contributed by atoms with E-state index >= 15 is 0 Å². The zero-order valence-corrected chi connectivity index (χ0v) is 24.7. The van der Waals surface area contributed by atoms with Crippen molar-refractivity contribution in [3.63, 3.8) is 0 Å². The molecule has 12 N–H and O–H groups in total. The van der Waals surface area contributed by atoms with Gasteiger partial charge in [0.2, 0.25) is 29.5 Å². The summed E-state index contributed by atoms with van der Waals surface area (Å²) in [7, 11) is 0. The normalized spacial score (nSPS) is 13.8. The Hall–Kier alpha value is -5.70. The van der Waals surface area contributed by atoms with Crippen molar-refractivity contribution in [2.24, 2.45) is 17.2 Å². The number of H-pyrrole nitrogens is 2. The minimum absolute atomic E-state index is 0.0483. The van der Waals surface area contributed by atoms with Crippen molar-refractivity contribution in [3.8, 4) is 0 Å². The molecule has 4 unspecified atom stereocenters. The van der Waals surface area contributed by atoms with E-state index in [1.165, 1.54) is 0 Å². The van der Waals surface area contributed by atoms with Crippen LogP contribution < -0.4 is 33.2 Å². The second-order valence-electron chi connectivity index (χ2n) is 10.9. The Bertz CT molecular complexity index is 1760. The standard InChI is InChI=1S/C31H36N8O7/c32-20(9-10-26(33)40)28(42)37-23(11-16-14-35-21-7-3-1-5-18(16)21)29(43)38-24(13-27(34)41)30(44)39-25(31(45)46)12-17-15-36-22-8-4-2-6-19(17)22/h1-8,14-15,20,23-25,35-36H,9-13,32H2,(H2,33,40)(H2,34,41)(H,37,42)(H,38,43)(H,39,44)(H,45,46). The highest BCUT2D eigenvalue weighted by Crippen LogP contribution is 2.21. The van der Waals surface area contributed by atoms with Crippen molar-refractivity contribution < 1.29 is 33.9 Å². The van der Waals surface area contributed by atoms with Crippen molar-refractivity contribution in [3.05, 3.63) is 72.1 Å². The van der Waals surface area contributed by atoms with Crippen LogP contribution in [0, 0.1) is 0 Å². The highest BCUT2D eigenvalue weighted by Gasteiger charge is 2.32. The first-order chi connectivity index (χ1) is 21.9. The van der Waals surface area contributed by atoms with Crippen molar-refractivity contribution in [1.82, 2.24) is 25.9 Å². The highest BCUT2D eigenvalue weighted by molar-refractivity contribution is 5.97. The van der Waals surface area contributed by atoms with Gasteiger partial charge in [-0.15, -0.1) is 0 Å². The third-order valence-corrected chi connectivity index (χ3v) is 7.52. The number of hydrogen-bond donors (Lipinski definition) is 9. The van der Waals surface area contributed by atoms with Crippen LogP contribution in [0.1, 0.15) is 30.4 Å². The van der Waals surface area contributed by atoms with Crippen LogP contribution in [0.3, 0.4) is 0 Å². The third-order valence-electron chi connectivity index (χ3n) is 7.52. The van der Waals surface area contributed by atoms with E-state index in [0.29, 0.717) is 11.1 Å². The third kappa shape index (κ3) is 8.47. The Morgan fingerprint density at radius 1 is 0.674 bits per heavy atom. The zero-order valence-electron chi connectivity index (χ0n) is 24.7. The highest BCUT2D eigenvalue weighted by atomic mass is 16.4. The maximum absolute atomic E-state index is 13.6. The number of para-hydroxylation sites is 2. The monoisotopic (exact) mass is 632 g/mol. The fourth-order valence-electron chi connectivity index (χ4n) is 5.11. The molecule has 0 spiro atoms. The van der Waals surface area contributed by atoms with E-state index < -0.39 is 66.1 Å². The van der Waals surface area contributed by atoms with Crippen LogP contribution in [-0.4, -0.2) is 74.7 Å². The van der Waals surface area contributed by atoms with E-state index in [1.54, 1.807) is 30.6 Å². The number of aromatic amines is 2. The van der Waals surface area contributed by atoms with E-state index in [0.717, 1.165) is 21.8 Å². The molecule has 0 aliphatic rings. The molecular formula is C31H36N8O7. The van der Waals surface area contributed by atoms with E-state index in [9.17, 15) is 33.9 Å². The summed E-state index contributed by atoms with van der Waals surface area (Å²) in [5.41, 5.74) is 19.3. The largest absolute Gasteiger partial charge is 0.480 e. The van der Waals surface area contributed by atoms with Crippen molar-refractivity contribution >= 4 is 57.3 Å². The Balaban J connectivity index is 1.54. The summed E-state index contributed by atoms with van der Waals surface area (Å²) in [6.07, 6.45) is 2.29. The number of primary amides is 2. The van der Waals surface area contributed by atoms with Gasteiger partial charge in [0.1, 0.15) is 18.1 Å². The van der Waals surface area contributed by atoms with Crippen LogP contribution in [0.15, 0.2) is 60.9 Å². The number of nitrogens with two attached hydrogens (primary N) is 3. The predicted octanol–water partition coefficient (Wildman–Crippen LogP) is -0.558. The molecule has 0 saturated carbocycles. The second-order valence-corrected chi connectivity index (χ2v) is 10.9. The molecule has 0 aliphatic carbocycles. The van der Waals surface area contributed by atoms with Crippen LogP contribution in [-0.2, 0) is 41.6 Å². The average Bonchev–Trinajstić information content (AvgIpc) is 3.62. The van der Waals surface area contributed by atoms with Gasteiger partial charge in [-0.3, -0.25) is 24.0 Å². The van der Waals surface area contributed by atoms with Crippen LogP contribution in [0.4, 0.5) is 0 Å². The minimum atomic E-state index is -1.57. The topological polar surface area (TPSA) is 268 Å². The summed E-state index contributed by atoms with van der Waals surface area (Å²) in [5, 5.41) is 18.8. The lowest BCUT2D eigenvalue weighted by molar-refractivity contribution is -0.142. The van der Waals surface area contributed by atoms with E-state index in [2.05, 4.69) is 25.9 Å². The Kier molecular flexibility index (Phi) is 10.7. The van der Waals surface area contributed by atoms with Gasteiger partial charge < -0.3 is 48.2 Å². The van der Waals surface area contributed by atoms with E-state index in [4.69, 9.17) is 17.2 Å². The van der Waals surface area contributed by atoms with Gasteiger partial charge in [-0.1, -0.05) is 36.4 Å². The van der Waals surface area contributed by atoms with Crippen molar-refractivity contribution in [2.45, 2.75) is 56.3 Å². The van der Waals surface area contributed by atoms with Crippen LogP contribution >= 0.6 is 0 Å². The number of hydrogen-bond acceptors (Lipinski definition) is 7. The van der Waals surface area contributed by atoms with Gasteiger partial charge in [0.15, 0.2) is 0 Å². The molecule has 0 fully saturated rings. The lowest BCUT2D eigenvalue weighted by Gasteiger charge is -2.25. The summed E-state index contributed by atoms with van der Waals surface area (Å²) >= 11 is 0. The van der Waals surface area contributed by atoms with Gasteiger partial charge in [0.05, 0.1) is 12.5 Å². The van der Waals surface area contributed by atoms with Crippen LogP contribution in [0.2, 0.25) is 0 Å². The first kappa shape index (κ1) is 33.2. The first-order valence-corrected chi connectivity index (χ1v) is 14.5. The fraction of sp³-hybridized carbons (Fsp3) is 0.290.